The van der Waals surface area contributed by atoms with Crippen molar-refractivity contribution < 1.29 is 9.90 Å². The van der Waals surface area contributed by atoms with Crippen LogP contribution >= 0.6 is 0 Å². The molecule has 0 spiro atoms. The van der Waals surface area contributed by atoms with Crippen LogP contribution in [-0.4, -0.2) is 45.5 Å². The molecular weight excluding hydrogens is 242 g/mol. The summed E-state index contributed by atoms with van der Waals surface area (Å²) in [6, 6.07) is 5.58. The van der Waals surface area contributed by atoms with Gasteiger partial charge in [0.2, 0.25) is 0 Å². The molecule has 1 saturated heterocycles. The zero-order valence-corrected chi connectivity index (χ0v) is 10.9. The summed E-state index contributed by atoms with van der Waals surface area (Å²) in [5.74, 6) is 0.281. The zero-order chi connectivity index (χ0) is 13.4. The number of imidazole rings is 1. The van der Waals surface area contributed by atoms with Gasteiger partial charge in [-0.1, -0.05) is 6.07 Å². The summed E-state index contributed by atoms with van der Waals surface area (Å²) < 4.78 is 1.93. The van der Waals surface area contributed by atoms with E-state index in [0.717, 1.165) is 31.8 Å². The van der Waals surface area contributed by atoms with E-state index < -0.39 is 5.97 Å². The molecule has 5 heteroatoms. The van der Waals surface area contributed by atoms with Gasteiger partial charge in [0.15, 0.2) is 5.69 Å². The zero-order valence-electron chi connectivity index (χ0n) is 10.9. The third-order valence-electron chi connectivity index (χ3n) is 3.86. The van der Waals surface area contributed by atoms with Gasteiger partial charge in [0.25, 0.3) is 0 Å². The van der Waals surface area contributed by atoms with Crippen molar-refractivity contribution in [3.05, 3.63) is 35.9 Å². The van der Waals surface area contributed by atoms with E-state index in [1.807, 2.05) is 28.8 Å². The van der Waals surface area contributed by atoms with Gasteiger partial charge < -0.3 is 14.4 Å². The second-order valence-corrected chi connectivity index (χ2v) is 5.16. The van der Waals surface area contributed by atoms with E-state index in [9.17, 15) is 9.90 Å². The predicted molar refractivity (Wildman–Crippen MR) is 71.6 cm³/mol. The van der Waals surface area contributed by atoms with Crippen LogP contribution in [0.25, 0.3) is 5.52 Å². The number of likely N-dealkylation sites (tertiary alicyclic amines) is 1. The summed E-state index contributed by atoms with van der Waals surface area (Å²) in [4.78, 5) is 18.0. The van der Waals surface area contributed by atoms with Gasteiger partial charge in [-0.3, -0.25) is 0 Å². The summed E-state index contributed by atoms with van der Waals surface area (Å²) in [6.07, 6.45) is 3.97. The summed E-state index contributed by atoms with van der Waals surface area (Å²) in [5.41, 5.74) is 0.846. The van der Waals surface area contributed by atoms with Crippen LogP contribution in [-0.2, 0) is 0 Å². The van der Waals surface area contributed by atoms with E-state index in [4.69, 9.17) is 0 Å². The molecular formula is C14H17N3O2. The predicted octanol–water partition coefficient (Wildman–Crippen LogP) is 1.84. The molecule has 1 aliphatic heterocycles. The molecule has 0 unspecified atom stereocenters. The smallest absolute Gasteiger partial charge is 0.356 e. The lowest BCUT2D eigenvalue weighted by molar-refractivity contribution is 0.0693. The first-order valence-electron chi connectivity index (χ1n) is 6.55. The Hall–Kier alpha value is -1.88. The van der Waals surface area contributed by atoms with Gasteiger partial charge in [0.1, 0.15) is 5.82 Å². The second kappa shape index (κ2) is 4.66. The Labute approximate surface area is 111 Å². The van der Waals surface area contributed by atoms with Crippen LogP contribution in [0.2, 0.25) is 0 Å². The molecule has 0 bridgehead atoms. The topological polar surface area (TPSA) is 57.8 Å². The molecule has 1 N–H and O–H groups in total. The van der Waals surface area contributed by atoms with Crippen molar-refractivity contribution in [1.29, 1.82) is 0 Å². The van der Waals surface area contributed by atoms with E-state index in [0.29, 0.717) is 11.4 Å². The molecule has 1 fully saturated rings. The molecule has 0 aromatic carbocycles. The maximum Gasteiger partial charge on any atom is 0.356 e. The van der Waals surface area contributed by atoms with Gasteiger partial charge in [0.05, 0.1) is 5.52 Å². The Balaban J connectivity index is 2.06. The number of nitrogens with zero attached hydrogens (tertiary/aromatic N) is 3. The highest BCUT2D eigenvalue weighted by atomic mass is 16.4. The molecule has 5 nitrogen and oxygen atoms in total. The van der Waals surface area contributed by atoms with Crippen molar-refractivity contribution in [2.24, 2.45) is 0 Å². The summed E-state index contributed by atoms with van der Waals surface area (Å²) in [7, 11) is 2.11. The lowest BCUT2D eigenvalue weighted by atomic mass is 9.96. The third-order valence-corrected chi connectivity index (χ3v) is 3.86. The van der Waals surface area contributed by atoms with Crippen molar-refractivity contribution in [1.82, 2.24) is 14.3 Å². The summed E-state index contributed by atoms with van der Waals surface area (Å²) >= 11 is 0. The number of carboxylic acid groups (broad SMARTS) is 1. The molecule has 2 aromatic heterocycles. The van der Waals surface area contributed by atoms with Crippen molar-refractivity contribution in [2.75, 3.05) is 20.1 Å². The molecule has 0 saturated carbocycles. The van der Waals surface area contributed by atoms with E-state index in [1.54, 1.807) is 0 Å². The standard InChI is InChI=1S/C14H17N3O2/c1-16-8-5-10(6-9-16)13-15-12(14(18)19)11-4-2-3-7-17(11)13/h2-4,7,10H,5-6,8-9H2,1H3,(H,18,19). The van der Waals surface area contributed by atoms with E-state index in [1.165, 1.54) is 0 Å². The number of pyridine rings is 1. The number of hydrogen-bond donors (Lipinski definition) is 1. The van der Waals surface area contributed by atoms with Gasteiger partial charge in [-0.2, -0.15) is 0 Å². The molecule has 3 rings (SSSR count). The van der Waals surface area contributed by atoms with Crippen LogP contribution in [0.3, 0.4) is 0 Å². The van der Waals surface area contributed by atoms with E-state index in [2.05, 4.69) is 16.9 Å². The van der Waals surface area contributed by atoms with Crippen LogP contribution in [0.4, 0.5) is 0 Å². The first-order chi connectivity index (χ1) is 9.16. The fourth-order valence-corrected chi connectivity index (χ4v) is 2.77. The number of rotatable bonds is 2. The summed E-state index contributed by atoms with van der Waals surface area (Å²) in [5, 5.41) is 9.25. The maximum absolute atomic E-state index is 11.3. The Kier molecular flexibility index (Phi) is 2.98. The Morgan fingerprint density at radius 3 is 2.79 bits per heavy atom. The van der Waals surface area contributed by atoms with Crippen molar-refractivity contribution in [3.63, 3.8) is 0 Å². The fourth-order valence-electron chi connectivity index (χ4n) is 2.77. The van der Waals surface area contributed by atoms with Crippen molar-refractivity contribution in [3.8, 4) is 0 Å². The van der Waals surface area contributed by atoms with E-state index in [-0.39, 0.29) is 5.69 Å². The highest BCUT2D eigenvalue weighted by Gasteiger charge is 2.25. The fraction of sp³-hybridized carbons (Fsp3) is 0.429. The third kappa shape index (κ3) is 2.10. The molecule has 0 amide bonds. The maximum atomic E-state index is 11.3. The number of carboxylic acids is 1. The lowest BCUT2D eigenvalue weighted by Gasteiger charge is -2.28. The van der Waals surface area contributed by atoms with Crippen LogP contribution in [0.15, 0.2) is 24.4 Å². The van der Waals surface area contributed by atoms with Gasteiger partial charge >= 0.3 is 5.97 Å². The Bertz CT molecular complexity index is 612. The van der Waals surface area contributed by atoms with Crippen LogP contribution in [0.5, 0.6) is 0 Å². The molecule has 19 heavy (non-hydrogen) atoms. The first-order valence-corrected chi connectivity index (χ1v) is 6.55. The normalized spacial score (nSPS) is 17.9. The van der Waals surface area contributed by atoms with E-state index >= 15 is 0 Å². The largest absolute Gasteiger partial charge is 0.476 e. The van der Waals surface area contributed by atoms with Gasteiger partial charge in [0, 0.05) is 12.1 Å². The van der Waals surface area contributed by atoms with Crippen molar-refractivity contribution >= 4 is 11.5 Å². The Morgan fingerprint density at radius 2 is 2.11 bits per heavy atom. The monoisotopic (exact) mass is 259 g/mol. The highest BCUT2D eigenvalue weighted by molar-refractivity contribution is 5.93. The van der Waals surface area contributed by atoms with Crippen molar-refractivity contribution in [2.45, 2.75) is 18.8 Å². The van der Waals surface area contributed by atoms with Crippen LogP contribution in [0, 0.1) is 0 Å². The lowest BCUT2D eigenvalue weighted by Crippen LogP contribution is -2.29. The number of carbonyl (C=O) groups is 1. The van der Waals surface area contributed by atoms with Gasteiger partial charge in [-0.15, -0.1) is 0 Å². The molecule has 3 heterocycles. The first kappa shape index (κ1) is 12.2. The highest BCUT2D eigenvalue weighted by Crippen LogP contribution is 2.28. The molecule has 0 radical (unpaired) electrons. The molecule has 100 valence electrons. The number of hydrogen-bond acceptors (Lipinski definition) is 3. The number of piperidine rings is 1. The average Bonchev–Trinajstić information content (AvgIpc) is 2.79. The Morgan fingerprint density at radius 1 is 1.37 bits per heavy atom. The minimum absolute atomic E-state index is 0.162. The van der Waals surface area contributed by atoms with Crippen LogP contribution < -0.4 is 0 Å². The average molecular weight is 259 g/mol. The van der Waals surface area contributed by atoms with Gasteiger partial charge in [-0.05, 0) is 45.1 Å². The summed E-state index contributed by atoms with van der Waals surface area (Å²) in [6.45, 7) is 2.07. The minimum Gasteiger partial charge on any atom is -0.476 e. The SMILES string of the molecule is CN1CCC(c2nc(C(=O)O)c3ccccn23)CC1. The quantitative estimate of drug-likeness (QED) is 0.894. The molecule has 1 aliphatic rings. The second-order valence-electron chi connectivity index (χ2n) is 5.16. The van der Waals surface area contributed by atoms with Gasteiger partial charge in [-0.25, -0.2) is 9.78 Å². The number of aromatic nitrogens is 2. The molecule has 0 atom stereocenters. The number of fused-ring (bicyclic) bond motifs is 1. The minimum atomic E-state index is -0.956. The van der Waals surface area contributed by atoms with Crippen LogP contribution in [0.1, 0.15) is 35.1 Å². The molecule has 0 aliphatic carbocycles. The molecule has 2 aromatic rings. The number of aromatic carboxylic acids is 1.